The van der Waals surface area contributed by atoms with Gasteiger partial charge >= 0.3 is 16.1 Å². The van der Waals surface area contributed by atoms with E-state index in [1.165, 1.54) is 0 Å². The lowest BCUT2D eigenvalue weighted by Gasteiger charge is -2.33. The van der Waals surface area contributed by atoms with Crippen LogP contribution in [-0.2, 0) is 18.0 Å². The summed E-state index contributed by atoms with van der Waals surface area (Å²) in [5.74, 6) is 0. The smallest absolute Gasteiger partial charge is 0.402 e. The lowest BCUT2D eigenvalue weighted by atomic mass is 10.2. The van der Waals surface area contributed by atoms with Gasteiger partial charge in [0.05, 0.1) is 0 Å². The SMILES string of the molecule is CCCOCCC.CO[Si]1(OC)CCCC(C)O1.OB(O)O. The predicted octanol–water partition coefficient (Wildman–Crippen LogP) is 1.19. The Bertz CT molecular complexity index is 224. The maximum absolute atomic E-state index is 7.17. The second-order valence-electron chi connectivity index (χ2n) is 4.87. The summed E-state index contributed by atoms with van der Waals surface area (Å²) in [5, 5.41) is 21.5. The lowest BCUT2D eigenvalue weighted by molar-refractivity contribution is 0.0419. The van der Waals surface area contributed by atoms with Crippen LogP contribution < -0.4 is 0 Å². The van der Waals surface area contributed by atoms with E-state index in [1.54, 1.807) is 14.2 Å². The van der Waals surface area contributed by atoms with Gasteiger partial charge in [-0.25, -0.2) is 0 Å². The van der Waals surface area contributed by atoms with Gasteiger partial charge in [-0.2, -0.15) is 0 Å². The van der Waals surface area contributed by atoms with Crippen LogP contribution in [0.1, 0.15) is 46.5 Å². The fourth-order valence-electron chi connectivity index (χ4n) is 1.80. The minimum atomic E-state index is -2.19. The highest BCUT2D eigenvalue weighted by molar-refractivity contribution is 6.60. The average molecular weight is 340 g/mol. The molecular formula is C13H33BO7Si. The van der Waals surface area contributed by atoms with Crippen LogP contribution in [0.15, 0.2) is 0 Å². The monoisotopic (exact) mass is 340 g/mol. The first-order valence-corrected chi connectivity index (χ1v) is 9.70. The summed E-state index contributed by atoms with van der Waals surface area (Å²) in [6.45, 7) is 8.16. The number of hydrogen-bond donors (Lipinski definition) is 3. The van der Waals surface area contributed by atoms with Gasteiger partial charge in [-0.1, -0.05) is 13.8 Å². The summed E-state index contributed by atoms with van der Waals surface area (Å²) in [5.41, 5.74) is 0. The summed E-state index contributed by atoms with van der Waals surface area (Å²) in [4.78, 5) is 0. The third kappa shape index (κ3) is 14.9. The van der Waals surface area contributed by atoms with Crippen molar-refractivity contribution in [2.24, 2.45) is 0 Å². The molecule has 3 N–H and O–H groups in total. The molecule has 22 heavy (non-hydrogen) atoms. The van der Waals surface area contributed by atoms with E-state index in [9.17, 15) is 0 Å². The van der Waals surface area contributed by atoms with Gasteiger partial charge in [0.15, 0.2) is 0 Å². The Morgan fingerprint density at radius 3 is 1.82 bits per heavy atom. The Balaban J connectivity index is 0. The Morgan fingerprint density at radius 1 is 1.09 bits per heavy atom. The van der Waals surface area contributed by atoms with Gasteiger partial charge in [-0.05, 0) is 32.6 Å². The first kappa shape index (κ1) is 24.3. The highest BCUT2D eigenvalue weighted by Crippen LogP contribution is 2.26. The van der Waals surface area contributed by atoms with Crippen molar-refractivity contribution in [3.63, 3.8) is 0 Å². The maximum Gasteiger partial charge on any atom is 0.631 e. The van der Waals surface area contributed by atoms with Gasteiger partial charge in [0.1, 0.15) is 0 Å². The van der Waals surface area contributed by atoms with Crippen LogP contribution in [0.5, 0.6) is 0 Å². The quantitative estimate of drug-likeness (QED) is 0.493. The highest BCUT2D eigenvalue weighted by Gasteiger charge is 2.42. The molecule has 0 bridgehead atoms. The van der Waals surface area contributed by atoms with Gasteiger partial charge < -0.3 is 33.1 Å². The van der Waals surface area contributed by atoms with Crippen LogP contribution in [0.4, 0.5) is 0 Å². The molecule has 1 rings (SSSR count). The largest absolute Gasteiger partial charge is 0.631 e. The van der Waals surface area contributed by atoms with Gasteiger partial charge in [0.2, 0.25) is 0 Å². The molecule has 134 valence electrons. The van der Waals surface area contributed by atoms with Crippen LogP contribution in [0.3, 0.4) is 0 Å². The molecule has 1 aliphatic heterocycles. The molecule has 0 amide bonds. The van der Waals surface area contributed by atoms with Crippen LogP contribution in [-0.4, -0.2) is 64.7 Å². The molecule has 1 atom stereocenters. The van der Waals surface area contributed by atoms with Gasteiger partial charge in [-0.3, -0.25) is 0 Å². The zero-order valence-electron chi connectivity index (χ0n) is 14.6. The van der Waals surface area contributed by atoms with E-state index in [-0.39, 0.29) is 0 Å². The van der Waals surface area contributed by atoms with Crippen LogP contribution in [0.2, 0.25) is 6.04 Å². The summed E-state index contributed by atoms with van der Waals surface area (Å²) in [6.07, 6.45) is 4.87. The second kappa shape index (κ2) is 15.9. The lowest BCUT2D eigenvalue weighted by Crippen LogP contribution is -2.48. The van der Waals surface area contributed by atoms with Crippen molar-refractivity contribution >= 4 is 16.1 Å². The first-order chi connectivity index (χ1) is 10.4. The van der Waals surface area contributed by atoms with E-state index >= 15 is 0 Å². The molecule has 1 fully saturated rings. The first-order valence-electron chi connectivity index (χ1n) is 7.77. The molecule has 1 saturated heterocycles. The number of ether oxygens (including phenoxy) is 1. The fourth-order valence-corrected chi connectivity index (χ4v) is 4.06. The molecule has 9 heteroatoms. The van der Waals surface area contributed by atoms with Crippen molar-refractivity contribution in [2.75, 3.05) is 27.4 Å². The average Bonchev–Trinajstić information content (AvgIpc) is 2.48. The van der Waals surface area contributed by atoms with Crippen molar-refractivity contribution in [2.45, 2.75) is 58.6 Å². The highest BCUT2D eigenvalue weighted by atomic mass is 28.4. The molecule has 0 radical (unpaired) electrons. The fraction of sp³-hybridized carbons (Fsp3) is 1.00. The van der Waals surface area contributed by atoms with Crippen molar-refractivity contribution in [1.29, 1.82) is 0 Å². The molecule has 0 aliphatic carbocycles. The van der Waals surface area contributed by atoms with E-state index in [1.807, 2.05) is 0 Å². The minimum absolute atomic E-state index is 0.301. The third-order valence-electron chi connectivity index (χ3n) is 2.79. The van der Waals surface area contributed by atoms with Crippen LogP contribution >= 0.6 is 0 Å². The topological polar surface area (TPSA) is 97.6 Å². The van der Waals surface area contributed by atoms with Crippen molar-refractivity contribution in [3.8, 4) is 0 Å². The molecular weight excluding hydrogens is 307 g/mol. The predicted molar refractivity (Wildman–Crippen MR) is 88.2 cm³/mol. The normalized spacial score (nSPS) is 19.4. The standard InChI is InChI=1S/C7H16O3Si.C6H14O.BH3O3/c1-7-5-4-6-11(8-2,9-3)10-7;1-3-5-7-6-4-2;2-1(3)4/h7H,4-6H2,1-3H3;3-6H2,1-2H3;2-4H. The molecule has 0 aromatic heterocycles. The Labute approximate surface area is 136 Å². The van der Waals surface area contributed by atoms with Crippen LogP contribution in [0.25, 0.3) is 0 Å². The van der Waals surface area contributed by atoms with Gasteiger partial charge in [0, 0.05) is 39.6 Å². The zero-order chi connectivity index (χ0) is 17.4. The Kier molecular flexibility index (Phi) is 17.5. The third-order valence-corrected chi connectivity index (χ3v) is 5.76. The molecule has 0 aromatic carbocycles. The Morgan fingerprint density at radius 2 is 1.55 bits per heavy atom. The number of rotatable bonds is 6. The van der Waals surface area contributed by atoms with E-state index < -0.39 is 16.1 Å². The van der Waals surface area contributed by atoms with Crippen molar-refractivity contribution < 1.29 is 33.1 Å². The van der Waals surface area contributed by atoms with Crippen LogP contribution in [0, 0.1) is 0 Å². The van der Waals surface area contributed by atoms with Crippen molar-refractivity contribution in [1.82, 2.24) is 0 Å². The molecule has 7 nitrogen and oxygen atoms in total. The maximum atomic E-state index is 7.17. The molecule has 0 spiro atoms. The van der Waals surface area contributed by atoms with E-state index in [4.69, 9.17) is 33.1 Å². The summed E-state index contributed by atoms with van der Waals surface area (Å²) in [6, 6.07) is 0.963. The molecule has 0 saturated carbocycles. The Hall–Kier alpha value is 0.00182. The molecule has 1 aliphatic rings. The summed E-state index contributed by atoms with van der Waals surface area (Å²) < 4.78 is 21.4. The molecule has 0 aromatic rings. The van der Waals surface area contributed by atoms with E-state index in [0.717, 1.165) is 44.9 Å². The zero-order valence-corrected chi connectivity index (χ0v) is 15.6. The minimum Gasteiger partial charge on any atom is -0.402 e. The van der Waals surface area contributed by atoms with E-state index in [2.05, 4.69) is 20.8 Å². The van der Waals surface area contributed by atoms with Crippen molar-refractivity contribution in [3.05, 3.63) is 0 Å². The summed E-state index contributed by atoms with van der Waals surface area (Å²) in [7, 11) is -1.01. The van der Waals surface area contributed by atoms with E-state index in [0.29, 0.717) is 6.10 Å². The number of hydrogen-bond acceptors (Lipinski definition) is 7. The van der Waals surface area contributed by atoms with Gasteiger partial charge in [-0.15, -0.1) is 0 Å². The molecule has 1 unspecified atom stereocenters. The molecule has 1 heterocycles. The second-order valence-corrected chi connectivity index (χ2v) is 7.79. The van der Waals surface area contributed by atoms with Gasteiger partial charge in [0.25, 0.3) is 0 Å². The summed E-state index contributed by atoms with van der Waals surface area (Å²) >= 11 is 0.